The first-order chi connectivity index (χ1) is 21.1. The summed E-state index contributed by atoms with van der Waals surface area (Å²) in [7, 11) is -3.53. The van der Waals surface area contributed by atoms with E-state index < -0.39 is 51.1 Å². The monoisotopic (exact) mass is 650 g/mol. The molecular weight excluding hydrogens is 611 g/mol. The lowest BCUT2D eigenvalue weighted by atomic mass is 9.76. The van der Waals surface area contributed by atoms with Gasteiger partial charge in [-0.05, 0) is 86.7 Å². The maximum atomic E-state index is 15.2. The van der Waals surface area contributed by atoms with E-state index in [2.05, 4.69) is 25.4 Å². The fourth-order valence-electron chi connectivity index (χ4n) is 5.65. The third-order valence-corrected chi connectivity index (χ3v) is 10.3. The maximum Gasteiger partial charge on any atom is 0.234 e. The number of anilines is 1. The van der Waals surface area contributed by atoms with Crippen LogP contribution in [0.2, 0.25) is 5.02 Å². The molecule has 2 fully saturated rings. The zero-order valence-electron chi connectivity index (χ0n) is 24.7. The number of ether oxygens (including phenoxy) is 1. The number of benzene rings is 2. The topological polar surface area (TPSA) is 166 Å². The molecule has 2 aliphatic rings. The molecule has 0 bridgehead atoms. The van der Waals surface area contributed by atoms with E-state index >= 15 is 4.39 Å². The second-order valence-electron chi connectivity index (χ2n) is 11.5. The summed E-state index contributed by atoms with van der Waals surface area (Å²) in [6.45, 7) is 3.16. The van der Waals surface area contributed by atoms with Crippen LogP contribution in [0.25, 0.3) is 10.4 Å². The fourth-order valence-corrected chi connectivity index (χ4v) is 7.39. The molecule has 2 aromatic carbocycles. The number of amides is 1. The summed E-state index contributed by atoms with van der Waals surface area (Å²) in [6, 6.07) is 9.71. The first kappa shape index (κ1) is 34.1. The van der Waals surface area contributed by atoms with E-state index in [-0.39, 0.29) is 43.1 Å². The second kappa shape index (κ2) is 16.0. The molecule has 1 heterocycles. The standard InChI is InChI=1S/C30H40ClFN6O5S/c1-19(39)17-34-18-23(37-44(41,42)24-10-11-24)9-12-25-26(32)3-2-4-27(25)35-30(40)29(36-38-33)28(21-13-15-43-16-14-21)20-5-7-22(31)8-6-20/h2-8,19,21,23-24,28-29,34,37,39H,9-18H2,1H3,(H,35,40)/t19-,23+,28+,29?/m1/s1. The van der Waals surface area contributed by atoms with Crippen molar-refractivity contribution in [2.24, 2.45) is 11.0 Å². The van der Waals surface area contributed by atoms with Gasteiger partial charge in [-0.2, -0.15) is 0 Å². The minimum Gasteiger partial charge on any atom is -0.392 e. The second-order valence-corrected chi connectivity index (χ2v) is 14.0. The molecule has 4 atom stereocenters. The van der Waals surface area contributed by atoms with Gasteiger partial charge in [0.15, 0.2) is 0 Å². The summed E-state index contributed by atoms with van der Waals surface area (Å²) < 4.78 is 48.9. The molecule has 1 saturated heterocycles. The number of aliphatic hydroxyl groups excluding tert-OH is 1. The molecule has 1 unspecified atom stereocenters. The third-order valence-electron chi connectivity index (χ3n) is 8.06. The number of hydrogen-bond acceptors (Lipinski definition) is 7. The number of nitrogens with one attached hydrogen (secondary N) is 3. The SMILES string of the molecule is C[C@@H](O)CNC[C@H](CCc1c(F)cccc1NC(=O)C(N=[N+]=[N-])[C@@H](c1ccc(Cl)cc1)C1CCOCC1)NS(=O)(=O)C1CC1. The van der Waals surface area contributed by atoms with Crippen molar-refractivity contribution in [2.75, 3.05) is 31.6 Å². The van der Waals surface area contributed by atoms with E-state index in [1.807, 2.05) is 12.1 Å². The maximum absolute atomic E-state index is 15.2. The van der Waals surface area contributed by atoms with Crippen molar-refractivity contribution in [1.29, 1.82) is 0 Å². The van der Waals surface area contributed by atoms with Gasteiger partial charge >= 0.3 is 0 Å². The lowest BCUT2D eigenvalue weighted by molar-refractivity contribution is -0.118. The van der Waals surface area contributed by atoms with Crippen LogP contribution in [0.1, 0.15) is 56.1 Å². The number of azide groups is 1. The average Bonchev–Trinajstić information content (AvgIpc) is 3.84. The van der Waals surface area contributed by atoms with Crippen LogP contribution in [0.3, 0.4) is 0 Å². The molecule has 4 N–H and O–H groups in total. The highest BCUT2D eigenvalue weighted by Crippen LogP contribution is 2.38. The molecule has 1 amide bonds. The van der Waals surface area contributed by atoms with Gasteiger partial charge in [-0.3, -0.25) is 4.79 Å². The predicted molar refractivity (Wildman–Crippen MR) is 167 cm³/mol. The number of carbonyl (C=O) groups excluding carboxylic acids is 1. The summed E-state index contributed by atoms with van der Waals surface area (Å²) in [6.07, 6.45) is 2.27. The smallest absolute Gasteiger partial charge is 0.234 e. The number of nitrogens with zero attached hydrogens (tertiary/aromatic N) is 3. The molecular formula is C30H40ClFN6O5S. The normalized spacial score (nSPS) is 18.5. The highest BCUT2D eigenvalue weighted by atomic mass is 35.5. The lowest BCUT2D eigenvalue weighted by Gasteiger charge is -2.34. The molecule has 1 aliphatic heterocycles. The van der Waals surface area contributed by atoms with Crippen LogP contribution in [0.4, 0.5) is 10.1 Å². The summed E-state index contributed by atoms with van der Waals surface area (Å²) in [5.74, 6) is -1.61. The molecule has 4 rings (SSSR count). The molecule has 1 saturated carbocycles. The van der Waals surface area contributed by atoms with Gasteiger partial charge in [0, 0.05) is 59.4 Å². The minimum atomic E-state index is -3.53. The summed E-state index contributed by atoms with van der Waals surface area (Å²) in [5, 5.41) is 19.5. The van der Waals surface area contributed by atoms with Crippen LogP contribution in [-0.2, 0) is 26.0 Å². The van der Waals surface area contributed by atoms with Gasteiger partial charge < -0.3 is 20.5 Å². The highest BCUT2D eigenvalue weighted by molar-refractivity contribution is 7.90. The molecule has 14 heteroatoms. The van der Waals surface area contributed by atoms with Gasteiger partial charge in [0.1, 0.15) is 11.9 Å². The Morgan fingerprint density at radius 1 is 1.16 bits per heavy atom. The Labute approximate surface area is 262 Å². The number of hydrogen-bond donors (Lipinski definition) is 4. The zero-order chi connectivity index (χ0) is 31.7. The van der Waals surface area contributed by atoms with Crippen molar-refractivity contribution < 1.29 is 27.4 Å². The van der Waals surface area contributed by atoms with E-state index in [1.54, 1.807) is 25.1 Å². The first-order valence-electron chi connectivity index (χ1n) is 14.9. The van der Waals surface area contributed by atoms with Gasteiger partial charge in [0.25, 0.3) is 0 Å². The van der Waals surface area contributed by atoms with E-state index in [0.717, 1.165) is 5.56 Å². The van der Waals surface area contributed by atoms with Crippen molar-refractivity contribution in [2.45, 2.75) is 74.8 Å². The Morgan fingerprint density at radius 3 is 2.50 bits per heavy atom. The number of halogens is 2. The number of sulfonamides is 1. The van der Waals surface area contributed by atoms with Gasteiger partial charge in [0.05, 0.1) is 11.4 Å². The van der Waals surface area contributed by atoms with E-state index in [9.17, 15) is 23.8 Å². The van der Waals surface area contributed by atoms with Crippen molar-refractivity contribution in [3.05, 3.63) is 74.9 Å². The molecule has 0 aromatic heterocycles. The molecule has 2 aromatic rings. The van der Waals surface area contributed by atoms with Crippen molar-refractivity contribution in [1.82, 2.24) is 10.0 Å². The minimum absolute atomic E-state index is 0.00690. The predicted octanol–water partition coefficient (Wildman–Crippen LogP) is 4.66. The van der Waals surface area contributed by atoms with Crippen molar-refractivity contribution >= 4 is 33.2 Å². The molecule has 1 aliphatic carbocycles. The van der Waals surface area contributed by atoms with E-state index in [4.69, 9.17) is 16.3 Å². The van der Waals surface area contributed by atoms with Crippen LogP contribution < -0.4 is 15.4 Å². The Bertz CT molecular complexity index is 1410. The molecule has 11 nitrogen and oxygen atoms in total. The fraction of sp³-hybridized carbons (Fsp3) is 0.567. The molecule has 0 radical (unpaired) electrons. The van der Waals surface area contributed by atoms with Crippen LogP contribution >= 0.6 is 11.6 Å². The van der Waals surface area contributed by atoms with Crippen molar-refractivity contribution in [3.8, 4) is 0 Å². The number of carbonyl (C=O) groups is 1. The molecule has 44 heavy (non-hydrogen) atoms. The van der Waals surface area contributed by atoms with Crippen LogP contribution in [-0.4, -0.2) is 69.2 Å². The van der Waals surface area contributed by atoms with E-state index in [1.165, 1.54) is 12.1 Å². The highest BCUT2D eigenvalue weighted by Gasteiger charge is 2.38. The van der Waals surface area contributed by atoms with E-state index in [0.29, 0.717) is 43.9 Å². The summed E-state index contributed by atoms with van der Waals surface area (Å²) >= 11 is 6.12. The van der Waals surface area contributed by atoms with Gasteiger partial charge in [-0.15, -0.1) is 0 Å². The molecule has 240 valence electrons. The van der Waals surface area contributed by atoms with Crippen LogP contribution in [0, 0.1) is 11.7 Å². The quantitative estimate of drug-likeness (QED) is 0.117. The van der Waals surface area contributed by atoms with Gasteiger partial charge in [0.2, 0.25) is 15.9 Å². The van der Waals surface area contributed by atoms with Gasteiger partial charge in [-0.25, -0.2) is 17.5 Å². The Balaban J connectivity index is 1.55. The summed E-state index contributed by atoms with van der Waals surface area (Å²) in [5.41, 5.74) is 10.7. The zero-order valence-corrected chi connectivity index (χ0v) is 26.2. The van der Waals surface area contributed by atoms with Crippen LogP contribution in [0.5, 0.6) is 0 Å². The largest absolute Gasteiger partial charge is 0.392 e. The molecule has 0 spiro atoms. The van der Waals surface area contributed by atoms with Crippen molar-refractivity contribution in [3.63, 3.8) is 0 Å². The first-order valence-corrected chi connectivity index (χ1v) is 16.9. The third kappa shape index (κ3) is 9.61. The van der Waals surface area contributed by atoms with Gasteiger partial charge in [-0.1, -0.05) is 34.9 Å². The Hall–Kier alpha value is -2.77. The summed E-state index contributed by atoms with van der Waals surface area (Å²) in [4.78, 5) is 16.8. The number of rotatable bonds is 16. The lowest BCUT2D eigenvalue weighted by Crippen LogP contribution is -2.44. The Kier molecular flexibility index (Phi) is 12.4. The number of aliphatic hydroxyl groups is 1. The average molecular weight is 651 g/mol. The Morgan fingerprint density at radius 2 is 1.86 bits per heavy atom. The van der Waals surface area contributed by atoms with Crippen LogP contribution in [0.15, 0.2) is 47.6 Å².